The Morgan fingerprint density at radius 2 is 1.67 bits per heavy atom. The van der Waals surface area contributed by atoms with Gasteiger partial charge in [-0.15, -0.1) is 0 Å². The van der Waals surface area contributed by atoms with Crippen molar-refractivity contribution in [1.29, 1.82) is 0 Å². The van der Waals surface area contributed by atoms with Gasteiger partial charge in [-0.05, 0) is 36.8 Å². The van der Waals surface area contributed by atoms with E-state index in [0.717, 1.165) is 17.7 Å². The first-order valence-electron chi connectivity index (χ1n) is 6.32. The number of aliphatic hydroxyl groups excluding tert-OH is 1. The van der Waals surface area contributed by atoms with Crippen molar-refractivity contribution in [1.82, 2.24) is 0 Å². The normalized spacial score (nSPS) is 13.0. The molecule has 0 saturated heterocycles. The fourth-order valence-corrected chi connectivity index (χ4v) is 2.10. The van der Waals surface area contributed by atoms with Crippen LogP contribution in [-0.4, -0.2) is 12.2 Å². The summed E-state index contributed by atoms with van der Waals surface area (Å²) in [5.41, 5.74) is 1.09. The molecular formula is C16H15F3O2. The highest BCUT2D eigenvalue weighted by molar-refractivity contribution is 5.43. The van der Waals surface area contributed by atoms with Crippen molar-refractivity contribution in [3.63, 3.8) is 0 Å². The lowest BCUT2D eigenvalue weighted by atomic mass is 9.98. The van der Waals surface area contributed by atoms with Gasteiger partial charge in [-0.3, -0.25) is 0 Å². The molecule has 0 aromatic heterocycles. The van der Waals surface area contributed by atoms with Gasteiger partial charge in [0.2, 0.25) is 0 Å². The number of hydrogen-bond donors (Lipinski definition) is 1. The molecule has 1 unspecified atom stereocenters. The number of aryl methyl sites for hydroxylation is 1. The molecule has 0 aliphatic heterocycles. The van der Waals surface area contributed by atoms with E-state index in [0.29, 0.717) is 16.9 Å². The molecule has 0 radical (unpaired) electrons. The van der Waals surface area contributed by atoms with Crippen molar-refractivity contribution >= 4 is 0 Å². The topological polar surface area (TPSA) is 29.5 Å². The smallest absolute Gasteiger partial charge is 0.416 e. The Bertz CT molecular complexity index is 618. The van der Waals surface area contributed by atoms with E-state index in [-0.39, 0.29) is 0 Å². The third kappa shape index (κ3) is 3.36. The monoisotopic (exact) mass is 296 g/mol. The van der Waals surface area contributed by atoms with Gasteiger partial charge in [0.05, 0.1) is 12.7 Å². The summed E-state index contributed by atoms with van der Waals surface area (Å²) in [5.74, 6) is 0.494. The van der Waals surface area contributed by atoms with Crippen LogP contribution in [-0.2, 0) is 6.18 Å². The van der Waals surface area contributed by atoms with E-state index in [4.69, 9.17) is 4.74 Å². The maximum atomic E-state index is 12.5. The standard InChI is InChI=1S/C16H15F3O2/c1-10-3-8-14(21-2)13(9-10)15(20)11-4-6-12(7-5-11)16(17,18)19/h3-9,15,20H,1-2H3. The van der Waals surface area contributed by atoms with Gasteiger partial charge in [-0.25, -0.2) is 0 Å². The summed E-state index contributed by atoms with van der Waals surface area (Å²) in [6.45, 7) is 1.86. The minimum atomic E-state index is -4.38. The molecule has 2 aromatic rings. The number of alkyl halides is 3. The predicted molar refractivity (Wildman–Crippen MR) is 73.2 cm³/mol. The van der Waals surface area contributed by atoms with Crippen LogP contribution in [0.4, 0.5) is 13.2 Å². The number of methoxy groups -OCH3 is 1. The van der Waals surface area contributed by atoms with Gasteiger partial charge < -0.3 is 9.84 Å². The Morgan fingerprint density at radius 1 is 1.05 bits per heavy atom. The quantitative estimate of drug-likeness (QED) is 0.924. The number of aliphatic hydroxyl groups is 1. The Labute approximate surface area is 120 Å². The summed E-state index contributed by atoms with van der Waals surface area (Å²) in [7, 11) is 1.48. The average molecular weight is 296 g/mol. The molecule has 5 heteroatoms. The number of rotatable bonds is 3. The number of ether oxygens (including phenoxy) is 1. The van der Waals surface area contributed by atoms with Gasteiger partial charge in [-0.1, -0.05) is 23.8 Å². The van der Waals surface area contributed by atoms with Crippen LogP contribution in [0.3, 0.4) is 0 Å². The van der Waals surface area contributed by atoms with E-state index >= 15 is 0 Å². The third-order valence-electron chi connectivity index (χ3n) is 3.23. The molecule has 2 rings (SSSR count). The number of hydrogen-bond acceptors (Lipinski definition) is 2. The molecule has 0 aliphatic carbocycles. The second kappa shape index (κ2) is 5.77. The Morgan fingerprint density at radius 3 is 2.19 bits per heavy atom. The summed E-state index contributed by atoms with van der Waals surface area (Å²) in [6.07, 6.45) is -5.42. The zero-order valence-corrected chi connectivity index (χ0v) is 11.6. The molecule has 21 heavy (non-hydrogen) atoms. The summed E-state index contributed by atoms with van der Waals surface area (Å²) in [6, 6.07) is 9.77. The highest BCUT2D eigenvalue weighted by Crippen LogP contribution is 2.33. The molecule has 1 atom stereocenters. The van der Waals surface area contributed by atoms with Crippen molar-refractivity contribution < 1.29 is 23.0 Å². The van der Waals surface area contributed by atoms with Crippen LogP contribution in [0.25, 0.3) is 0 Å². The molecule has 0 fully saturated rings. The fourth-order valence-electron chi connectivity index (χ4n) is 2.10. The van der Waals surface area contributed by atoms with Crippen molar-refractivity contribution in [2.75, 3.05) is 7.11 Å². The first kappa shape index (κ1) is 15.4. The van der Waals surface area contributed by atoms with Crippen LogP contribution < -0.4 is 4.74 Å². The highest BCUT2D eigenvalue weighted by atomic mass is 19.4. The van der Waals surface area contributed by atoms with Gasteiger partial charge in [-0.2, -0.15) is 13.2 Å². The zero-order chi connectivity index (χ0) is 15.6. The lowest BCUT2D eigenvalue weighted by Gasteiger charge is -2.16. The molecule has 112 valence electrons. The van der Waals surface area contributed by atoms with E-state index in [1.54, 1.807) is 12.1 Å². The predicted octanol–water partition coefficient (Wildman–Crippen LogP) is 4.10. The van der Waals surface area contributed by atoms with Gasteiger partial charge in [0.15, 0.2) is 0 Å². The van der Waals surface area contributed by atoms with Crippen LogP contribution in [0.5, 0.6) is 5.75 Å². The Balaban J connectivity index is 2.36. The molecule has 0 bridgehead atoms. The molecule has 0 spiro atoms. The first-order valence-corrected chi connectivity index (χ1v) is 6.32. The lowest BCUT2D eigenvalue weighted by Crippen LogP contribution is -2.07. The van der Waals surface area contributed by atoms with Gasteiger partial charge >= 0.3 is 6.18 Å². The lowest BCUT2D eigenvalue weighted by molar-refractivity contribution is -0.137. The van der Waals surface area contributed by atoms with Crippen molar-refractivity contribution in [3.8, 4) is 5.75 Å². The SMILES string of the molecule is COc1ccc(C)cc1C(O)c1ccc(C(F)(F)F)cc1. The largest absolute Gasteiger partial charge is 0.496 e. The summed E-state index contributed by atoms with van der Waals surface area (Å²) in [5, 5.41) is 10.4. The van der Waals surface area contributed by atoms with Crippen molar-refractivity contribution in [3.05, 3.63) is 64.7 Å². The highest BCUT2D eigenvalue weighted by Gasteiger charge is 2.30. The maximum absolute atomic E-state index is 12.5. The van der Waals surface area contributed by atoms with Crippen LogP contribution in [0.15, 0.2) is 42.5 Å². The van der Waals surface area contributed by atoms with E-state index in [1.165, 1.54) is 19.2 Å². The number of halogens is 3. The second-order valence-corrected chi connectivity index (χ2v) is 4.77. The Kier molecular flexibility index (Phi) is 4.23. The molecule has 0 aliphatic rings. The van der Waals surface area contributed by atoms with Crippen LogP contribution >= 0.6 is 0 Å². The molecule has 1 N–H and O–H groups in total. The third-order valence-corrected chi connectivity index (χ3v) is 3.23. The minimum absolute atomic E-state index is 0.381. The van der Waals surface area contributed by atoms with Gasteiger partial charge in [0, 0.05) is 5.56 Å². The zero-order valence-electron chi connectivity index (χ0n) is 11.6. The average Bonchev–Trinajstić information content (AvgIpc) is 2.45. The summed E-state index contributed by atoms with van der Waals surface area (Å²) < 4.78 is 42.8. The van der Waals surface area contributed by atoms with E-state index < -0.39 is 17.8 Å². The maximum Gasteiger partial charge on any atom is 0.416 e. The Hall–Kier alpha value is -2.01. The van der Waals surface area contributed by atoms with E-state index in [2.05, 4.69) is 0 Å². The van der Waals surface area contributed by atoms with Gasteiger partial charge in [0.25, 0.3) is 0 Å². The molecule has 2 aromatic carbocycles. The molecule has 0 heterocycles. The molecular weight excluding hydrogens is 281 g/mol. The summed E-state index contributed by atoms with van der Waals surface area (Å²) >= 11 is 0. The van der Waals surface area contributed by atoms with Crippen LogP contribution in [0.2, 0.25) is 0 Å². The van der Waals surface area contributed by atoms with Crippen LogP contribution in [0, 0.1) is 6.92 Å². The van der Waals surface area contributed by atoms with Crippen LogP contribution in [0.1, 0.15) is 28.4 Å². The molecule has 0 saturated carbocycles. The molecule has 2 nitrogen and oxygen atoms in total. The number of benzene rings is 2. The summed E-state index contributed by atoms with van der Waals surface area (Å²) in [4.78, 5) is 0. The van der Waals surface area contributed by atoms with Crippen molar-refractivity contribution in [2.45, 2.75) is 19.2 Å². The van der Waals surface area contributed by atoms with Crippen molar-refractivity contribution in [2.24, 2.45) is 0 Å². The van der Waals surface area contributed by atoms with Gasteiger partial charge in [0.1, 0.15) is 11.9 Å². The fraction of sp³-hybridized carbons (Fsp3) is 0.250. The van der Waals surface area contributed by atoms with E-state index in [9.17, 15) is 18.3 Å². The minimum Gasteiger partial charge on any atom is -0.496 e. The first-order chi connectivity index (χ1) is 9.82. The molecule has 0 amide bonds. The van der Waals surface area contributed by atoms with E-state index in [1.807, 2.05) is 13.0 Å². The second-order valence-electron chi connectivity index (χ2n) is 4.77.